The van der Waals surface area contributed by atoms with E-state index in [0.29, 0.717) is 43.5 Å². The molecule has 1 fully saturated rings. The first kappa shape index (κ1) is 20.8. The number of nitrogens with zero attached hydrogens (tertiary/aromatic N) is 4. The van der Waals surface area contributed by atoms with Crippen molar-refractivity contribution in [3.8, 4) is 5.69 Å². The van der Waals surface area contributed by atoms with Gasteiger partial charge in [-0.2, -0.15) is 5.10 Å². The van der Waals surface area contributed by atoms with Gasteiger partial charge in [0, 0.05) is 30.4 Å². The van der Waals surface area contributed by atoms with E-state index in [9.17, 15) is 9.59 Å². The molecule has 31 heavy (non-hydrogen) atoms. The topological polar surface area (TPSA) is 105 Å². The summed E-state index contributed by atoms with van der Waals surface area (Å²) in [6, 6.07) is 8.92. The van der Waals surface area contributed by atoms with Gasteiger partial charge in [0.1, 0.15) is 0 Å². The summed E-state index contributed by atoms with van der Waals surface area (Å²) in [5.41, 5.74) is 4.58. The molecule has 0 spiro atoms. The average molecular weight is 422 g/mol. The minimum absolute atomic E-state index is 0.156. The van der Waals surface area contributed by atoms with Crippen molar-refractivity contribution in [1.82, 2.24) is 25.1 Å². The van der Waals surface area contributed by atoms with E-state index in [-0.39, 0.29) is 18.0 Å². The highest BCUT2D eigenvalue weighted by molar-refractivity contribution is 5.94. The van der Waals surface area contributed by atoms with Crippen LogP contribution >= 0.6 is 0 Å². The van der Waals surface area contributed by atoms with Crippen LogP contribution in [0.1, 0.15) is 33.0 Å². The Balaban J connectivity index is 1.50. The molecule has 1 aliphatic rings. The van der Waals surface area contributed by atoms with Crippen LogP contribution in [0.15, 0.2) is 35.1 Å². The average Bonchev–Trinajstić information content (AvgIpc) is 3.10. The van der Waals surface area contributed by atoms with Crippen LogP contribution in [0.2, 0.25) is 0 Å². The van der Waals surface area contributed by atoms with Crippen molar-refractivity contribution in [2.75, 3.05) is 31.2 Å². The van der Waals surface area contributed by atoms with E-state index in [1.807, 2.05) is 48.6 Å². The van der Waals surface area contributed by atoms with Crippen LogP contribution < -0.4 is 15.8 Å². The van der Waals surface area contributed by atoms with E-state index in [0.717, 1.165) is 22.6 Å². The highest BCUT2D eigenvalue weighted by Crippen LogP contribution is 2.18. The van der Waals surface area contributed by atoms with Crippen molar-refractivity contribution >= 4 is 11.9 Å². The molecule has 1 aromatic carbocycles. The van der Waals surface area contributed by atoms with Gasteiger partial charge < -0.3 is 15.0 Å². The summed E-state index contributed by atoms with van der Waals surface area (Å²) in [5.74, 6) is 0.264. The third-order valence-corrected chi connectivity index (χ3v) is 5.23. The minimum atomic E-state index is -0.247. The Labute approximate surface area is 180 Å². The van der Waals surface area contributed by atoms with Gasteiger partial charge in [-0.1, -0.05) is 6.07 Å². The Morgan fingerprint density at radius 1 is 1.16 bits per heavy atom. The number of morpholine rings is 1. The number of amides is 1. The normalized spacial score (nSPS) is 14.0. The van der Waals surface area contributed by atoms with Crippen molar-refractivity contribution in [3.63, 3.8) is 0 Å². The van der Waals surface area contributed by atoms with Crippen molar-refractivity contribution in [3.05, 3.63) is 68.9 Å². The van der Waals surface area contributed by atoms with Crippen molar-refractivity contribution in [1.29, 1.82) is 0 Å². The molecule has 0 radical (unpaired) electrons. The Morgan fingerprint density at radius 3 is 2.65 bits per heavy atom. The monoisotopic (exact) mass is 422 g/mol. The van der Waals surface area contributed by atoms with Crippen LogP contribution in [-0.2, 0) is 11.3 Å². The number of ether oxygens (including phenoxy) is 1. The number of aromatic nitrogens is 4. The number of aryl methyl sites for hydroxylation is 3. The van der Waals surface area contributed by atoms with Gasteiger partial charge in [-0.25, -0.2) is 9.67 Å². The number of carbonyl (C=O) groups is 1. The predicted octanol–water partition coefficient (Wildman–Crippen LogP) is 1.65. The zero-order valence-corrected chi connectivity index (χ0v) is 17.9. The first-order valence-corrected chi connectivity index (χ1v) is 10.3. The first-order chi connectivity index (χ1) is 14.9. The summed E-state index contributed by atoms with van der Waals surface area (Å²) in [4.78, 5) is 34.1. The molecule has 1 aliphatic heterocycles. The summed E-state index contributed by atoms with van der Waals surface area (Å²) in [5, 5.41) is 7.39. The largest absolute Gasteiger partial charge is 0.378 e. The summed E-state index contributed by atoms with van der Waals surface area (Å²) >= 11 is 0. The van der Waals surface area contributed by atoms with Crippen LogP contribution in [0.5, 0.6) is 0 Å². The second-order valence-electron chi connectivity index (χ2n) is 7.68. The Morgan fingerprint density at radius 2 is 1.94 bits per heavy atom. The summed E-state index contributed by atoms with van der Waals surface area (Å²) in [7, 11) is 0. The number of hydrogen-bond donors (Lipinski definition) is 2. The fourth-order valence-corrected chi connectivity index (χ4v) is 3.63. The van der Waals surface area contributed by atoms with Crippen LogP contribution in [0.4, 0.5) is 5.95 Å². The maximum atomic E-state index is 12.8. The molecule has 9 heteroatoms. The first-order valence-electron chi connectivity index (χ1n) is 10.3. The van der Waals surface area contributed by atoms with Crippen LogP contribution in [0.3, 0.4) is 0 Å². The predicted molar refractivity (Wildman–Crippen MR) is 117 cm³/mol. The maximum Gasteiger partial charge on any atom is 0.252 e. The number of hydrogen-bond acceptors (Lipinski definition) is 6. The van der Waals surface area contributed by atoms with E-state index in [2.05, 4.69) is 20.4 Å². The van der Waals surface area contributed by atoms with E-state index >= 15 is 0 Å². The molecule has 1 amide bonds. The Kier molecular flexibility index (Phi) is 5.85. The SMILES string of the molecule is Cc1cc(C)n(-c2cc(C(=O)NCc3cc(=O)[nH]c(N4CCOCC4)n3)ccc2C)n1. The smallest absolute Gasteiger partial charge is 0.252 e. The molecule has 0 bridgehead atoms. The standard InChI is InChI=1S/C22H26N6O3/c1-14-4-5-17(11-19(14)28-16(3)10-15(2)26-28)21(30)23-13-18-12-20(29)25-22(24-18)27-6-8-31-9-7-27/h4-5,10-12H,6-9,13H2,1-3H3,(H,23,30)(H,24,25,29). The molecule has 9 nitrogen and oxygen atoms in total. The molecule has 3 heterocycles. The second kappa shape index (κ2) is 8.73. The maximum absolute atomic E-state index is 12.8. The molecule has 162 valence electrons. The summed E-state index contributed by atoms with van der Waals surface area (Å²) in [6.07, 6.45) is 0. The van der Waals surface area contributed by atoms with Gasteiger partial charge in [-0.05, 0) is 44.5 Å². The van der Waals surface area contributed by atoms with Crippen LogP contribution in [0, 0.1) is 20.8 Å². The number of aromatic amines is 1. The van der Waals surface area contributed by atoms with E-state index < -0.39 is 0 Å². The molecular formula is C22H26N6O3. The van der Waals surface area contributed by atoms with Crippen LogP contribution in [-0.4, -0.2) is 52.0 Å². The Hall–Kier alpha value is -3.46. The second-order valence-corrected chi connectivity index (χ2v) is 7.68. The fraction of sp³-hybridized carbons (Fsp3) is 0.364. The quantitative estimate of drug-likeness (QED) is 0.648. The lowest BCUT2D eigenvalue weighted by Crippen LogP contribution is -2.38. The van der Waals surface area contributed by atoms with Gasteiger partial charge in [0.2, 0.25) is 5.95 Å². The number of carbonyl (C=O) groups excluding carboxylic acids is 1. The van der Waals surface area contributed by atoms with E-state index in [1.165, 1.54) is 6.07 Å². The van der Waals surface area contributed by atoms with Crippen molar-refractivity contribution in [2.45, 2.75) is 27.3 Å². The Bertz CT molecular complexity index is 1160. The molecule has 0 aliphatic carbocycles. The molecule has 3 aromatic rings. The number of nitrogens with one attached hydrogen (secondary N) is 2. The number of H-pyrrole nitrogens is 1. The highest BCUT2D eigenvalue weighted by Gasteiger charge is 2.15. The lowest BCUT2D eigenvalue weighted by atomic mass is 10.1. The zero-order valence-electron chi connectivity index (χ0n) is 17.9. The fourth-order valence-electron chi connectivity index (χ4n) is 3.63. The molecule has 1 saturated heterocycles. The molecule has 0 unspecified atom stereocenters. The summed E-state index contributed by atoms with van der Waals surface area (Å²) in [6.45, 7) is 8.58. The highest BCUT2D eigenvalue weighted by atomic mass is 16.5. The number of rotatable bonds is 5. The lowest BCUT2D eigenvalue weighted by Gasteiger charge is -2.27. The minimum Gasteiger partial charge on any atom is -0.378 e. The van der Waals surface area contributed by atoms with Gasteiger partial charge in [-0.3, -0.25) is 14.6 Å². The van der Waals surface area contributed by atoms with Gasteiger partial charge in [-0.15, -0.1) is 0 Å². The number of anilines is 1. The van der Waals surface area contributed by atoms with Crippen LogP contribution in [0.25, 0.3) is 5.69 Å². The van der Waals surface area contributed by atoms with Gasteiger partial charge >= 0.3 is 0 Å². The third-order valence-electron chi connectivity index (χ3n) is 5.23. The van der Waals surface area contributed by atoms with Crippen molar-refractivity contribution in [2.24, 2.45) is 0 Å². The molecule has 2 aromatic heterocycles. The lowest BCUT2D eigenvalue weighted by molar-refractivity contribution is 0.0950. The summed E-state index contributed by atoms with van der Waals surface area (Å²) < 4.78 is 7.19. The third kappa shape index (κ3) is 4.66. The molecule has 0 atom stereocenters. The van der Waals surface area contributed by atoms with Gasteiger partial charge in [0.05, 0.1) is 36.8 Å². The van der Waals surface area contributed by atoms with E-state index in [1.54, 1.807) is 6.07 Å². The molecular weight excluding hydrogens is 396 g/mol. The molecule has 4 rings (SSSR count). The molecule has 0 saturated carbocycles. The van der Waals surface area contributed by atoms with Gasteiger partial charge in [0.15, 0.2) is 0 Å². The molecule has 2 N–H and O–H groups in total. The van der Waals surface area contributed by atoms with E-state index in [4.69, 9.17) is 4.74 Å². The zero-order chi connectivity index (χ0) is 22.0. The van der Waals surface area contributed by atoms with Gasteiger partial charge in [0.25, 0.3) is 11.5 Å². The van der Waals surface area contributed by atoms with Crippen molar-refractivity contribution < 1.29 is 9.53 Å². The number of benzene rings is 1.